The van der Waals surface area contributed by atoms with Gasteiger partial charge in [0.25, 0.3) is 5.78 Å². The number of aliphatic hydroxyl groups is 1. The first-order valence-electron chi connectivity index (χ1n) is 11.0. The van der Waals surface area contributed by atoms with Gasteiger partial charge < -0.3 is 9.84 Å². The van der Waals surface area contributed by atoms with Crippen molar-refractivity contribution in [2.75, 3.05) is 11.5 Å². The number of anilines is 1. The van der Waals surface area contributed by atoms with E-state index in [1.807, 2.05) is 68.4 Å². The lowest BCUT2D eigenvalue weighted by molar-refractivity contribution is -0.132. The van der Waals surface area contributed by atoms with Gasteiger partial charge >= 0.3 is 5.91 Å². The standard InChI is InChI=1S/C27H21IN2O4S/c1-3-34-19-12-13-20-21(14-19)35-27(29-20)30-23(16-8-10-18(28)11-9-16)22(25(32)26(30)33)24(31)17-6-4-15(2)5-7-17/h4-14,23,31H,3H2,1-2H3/b24-22+. The van der Waals surface area contributed by atoms with Gasteiger partial charge in [0, 0.05) is 9.13 Å². The Morgan fingerprint density at radius 3 is 2.49 bits per heavy atom. The molecule has 1 amide bonds. The molecule has 0 saturated carbocycles. The Morgan fingerprint density at radius 2 is 1.80 bits per heavy atom. The lowest BCUT2D eigenvalue weighted by Crippen LogP contribution is -2.29. The number of hydrogen-bond donors (Lipinski definition) is 1. The number of ketones is 1. The molecule has 1 N–H and O–H groups in total. The average Bonchev–Trinajstić information content (AvgIpc) is 3.38. The van der Waals surface area contributed by atoms with Crippen molar-refractivity contribution in [1.82, 2.24) is 4.98 Å². The van der Waals surface area contributed by atoms with Gasteiger partial charge in [0.05, 0.1) is 28.4 Å². The summed E-state index contributed by atoms with van der Waals surface area (Å²) in [6, 6.07) is 19.5. The molecular formula is C27H21IN2O4S. The van der Waals surface area contributed by atoms with Crippen LogP contribution >= 0.6 is 33.9 Å². The Bertz CT molecular complexity index is 1480. The fraction of sp³-hybridized carbons (Fsp3) is 0.148. The van der Waals surface area contributed by atoms with Crippen LogP contribution in [0, 0.1) is 10.5 Å². The summed E-state index contributed by atoms with van der Waals surface area (Å²) in [6.45, 7) is 4.40. The summed E-state index contributed by atoms with van der Waals surface area (Å²) in [6.07, 6.45) is 0. The molecule has 3 aromatic carbocycles. The van der Waals surface area contributed by atoms with Crippen LogP contribution in [0.1, 0.15) is 29.7 Å². The molecule has 1 unspecified atom stereocenters. The van der Waals surface area contributed by atoms with E-state index in [2.05, 4.69) is 27.6 Å². The smallest absolute Gasteiger partial charge is 0.301 e. The van der Waals surface area contributed by atoms with E-state index in [-0.39, 0.29) is 11.3 Å². The summed E-state index contributed by atoms with van der Waals surface area (Å²) >= 11 is 3.51. The number of aromatic nitrogens is 1. The van der Waals surface area contributed by atoms with Crippen molar-refractivity contribution in [2.24, 2.45) is 0 Å². The first kappa shape index (κ1) is 23.5. The molecule has 4 aromatic rings. The molecule has 1 fully saturated rings. The summed E-state index contributed by atoms with van der Waals surface area (Å²) in [4.78, 5) is 32.8. The summed E-state index contributed by atoms with van der Waals surface area (Å²) in [5.41, 5.74) is 2.98. The number of carbonyl (C=O) groups is 2. The zero-order valence-corrected chi connectivity index (χ0v) is 22.0. The van der Waals surface area contributed by atoms with E-state index in [1.165, 1.54) is 16.2 Å². The molecular weight excluding hydrogens is 575 g/mol. The van der Waals surface area contributed by atoms with E-state index < -0.39 is 17.7 Å². The number of carbonyl (C=O) groups excluding carboxylic acids is 2. The van der Waals surface area contributed by atoms with Crippen molar-refractivity contribution in [2.45, 2.75) is 19.9 Å². The topological polar surface area (TPSA) is 79.7 Å². The maximum absolute atomic E-state index is 13.4. The Kier molecular flexibility index (Phi) is 6.33. The minimum atomic E-state index is -0.805. The largest absolute Gasteiger partial charge is 0.507 e. The molecule has 0 aliphatic carbocycles. The van der Waals surface area contributed by atoms with Gasteiger partial charge in [-0.3, -0.25) is 14.5 Å². The van der Waals surface area contributed by atoms with Crippen molar-refractivity contribution < 1.29 is 19.4 Å². The normalized spacial score (nSPS) is 17.3. The maximum atomic E-state index is 13.4. The van der Waals surface area contributed by atoms with Crippen LogP contribution in [-0.4, -0.2) is 28.4 Å². The van der Waals surface area contributed by atoms with Gasteiger partial charge in [-0.25, -0.2) is 4.98 Å². The van der Waals surface area contributed by atoms with E-state index in [9.17, 15) is 14.7 Å². The third kappa shape index (κ3) is 4.32. The lowest BCUT2D eigenvalue weighted by Gasteiger charge is -2.23. The number of ether oxygens (including phenoxy) is 1. The van der Waals surface area contributed by atoms with E-state index in [4.69, 9.17) is 4.74 Å². The minimum absolute atomic E-state index is 0.0503. The number of hydrogen-bond acceptors (Lipinski definition) is 6. The van der Waals surface area contributed by atoms with Crippen LogP contribution in [-0.2, 0) is 9.59 Å². The monoisotopic (exact) mass is 596 g/mol. The Balaban J connectivity index is 1.69. The number of nitrogens with zero attached hydrogens (tertiary/aromatic N) is 2. The summed E-state index contributed by atoms with van der Waals surface area (Å²) < 4.78 is 7.46. The second-order valence-electron chi connectivity index (χ2n) is 8.15. The molecule has 0 bridgehead atoms. The summed E-state index contributed by atoms with van der Waals surface area (Å²) in [7, 11) is 0. The molecule has 1 saturated heterocycles. The lowest BCUT2D eigenvalue weighted by atomic mass is 9.95. The predicted octanol–water partition coefficient (Wildman–Crippen LogP) is 6.23. The molecule has 6 nitrogen and oxygen atoms in total. The first-order valence-corrected chi connectivity index (χ1v) is 12.9. The maximum Gasteiger partial charge on any atom is 0.301 e. The van der Waals surface area contributed by atoms with Gasteiger partial charge in [-0.15, -0.1) is 0 Å². The molecule has 2 heterocycles. The minimum Gasteiger partial charge on any atom is -0.507 e. The molecule has 5 rings (SSSR count). The molecule has 1 aliphatic heterocycles. The van der Waals surface area contributed by atoms with Gasteiger partial charge in [-0.2, -0.15) is 0 Å². The fourth-order valence-electron chi connectivity index (χ4n) is 4.11. The predicted molar refractivity (Wildman–Crippen MR) is 146 cm³/mol. The number of thiazole rings is 1. The van der Waals surface area contributed by atoms with Gasteiger partial charge in [-0.1, -0.05) is 53.3 Å². The van der Waals surface area contributed by atoms with E-state index in [1.54, 1.807) is 12.1 Å². The molecule has 1 aliphatic rings. The Hall–Kier alpha value is -3.24. The third-order valence-corrected chi connectivity index (χ3v) is 7.56. The van der Waals surface area contributed by atoms with Crippen molar-refractivity contribution in [1.29, 1.82) is 0 Å². The second kappa shape index (κ2) is 9.43. The highest BCUT2D eigenvalue weighted by Crippen LogP contribution is 2.44. The van der Waals surface area contributed by atoms with E-state index in [0.29, 0.717) is 34.1 Å². The Labute approximate surface area is 220 Å². The van der Waals surface area contributed by atoms with Crippen molar-refractivity contribution in [3.05, 3.63) is 92.6 Å². The molecule has 8 heteroatoms. The number of rotatable bonds is 5. The zero-order valence-electron chi connectivity index (χ0n) is 19.0. The number of halogens is 1. The average molecular weight is 596 g/mol. The number of fused-ring (bicyclic) bond motifs is 1. The molecule has 0 spiro atoms. The summed E-state index contributed by atoms with van der Waals surface area (Å²) in [5, 5.41) is 11.6. The molecule has 176 valence electrons. The Morgan fingerprint density at radius 1 is 1.09 bits per heavy atom. The number of amides is 1. The van der Waals surface area contributed by atoms with Gasteiger partial charge in [0.15, 0.2) is 5.13 Å². The quantitative estimate of drug-likeness (QED) is 0.128. The molecule has 35 heavy (non-hydrogen) atoms. The number of aryl methyl sites for hydroxylation is 1. The molecule has 1 aromatic heterocycles. The molecule has 0 radical (unpaired) electrons. The van der Waals surface area contributed by atoms with Crippen LogP contribution < -0.4 is 9.64 Å². The van der Waals surface area contributed by atoms with Crippen molar-refractivity contribution in [3.63, 3.8) is 0 Å². The van der Waals surface area contributed by atoms with Gasteiger partial charge in [0.2, 0.25) is 0 Å². The van der Waals surface area contributed by atoms with Crippen molar-refractivity contribution >= 4 is 66.7 Å². The SMILES string of the molecule is CCOc1ccc2nc(N3C(=O)C(=O)/C(=C(/O)c4ccc(C)cc4)C3c3ccc(I)cc3)sc2c1. The van der Waals surface area contributed by atoms with Crippen LogP contribution in [0.3, 0.4) is 0 Å². The van der Waals surface area contributed by atoms with E-state index in [0.717, 1.165) is 13.8 Å². The van der Waals surface area contributed by atoms with Crippen LogP contribution in [0.25, 0.3) is 16.0 Å². The fourth-order valence-corrected chi connectivity index (χ4v) is 5.49. The summed E-state index contributed by atoms with van der Waals surface area (Å²) in [5.74, 6) is -0.938. The highest BCUT2D eigenvalue weighted by Gasteiger charge is 2.48. The van der Waals surface area contributed by atoms with Crippen LogP contribution in [0.5, 0.6) is 5.75 Å². The molecule has 1 atom stereocenters. The zero-order chi connectivity index (χ0) is 24.7. The number of aliphatic hydroxyl groups excluding tert-OH is 1. The highest BCUT2D eigenvalue weighted by molar-refractivity contribution is 14.1. The van der Waals surface area contributed by atoms with Crippen LogP contribution in [0.15, 0.2) is 72.3 Å². The second-order valence-corrected chi connectivity index (χ2v) is 10.4. The van der Waals surface area contributed by atoms with Gasteiger partial charge in [-0.05, 0) is 72.3 Å². The van der Waals surface area contributed by atoms with Crippen molar-refractivity contribution in [3.8, 4) is 5.75 Å². The third-order valence-electron chi connectivity index (χ3n) is 5.82. The first-order chi connectivity index (χ1) is 16.9. The highest BCUT2D eigenvalue weighted by atomic mass is 127. The van der Waals surface area contributed by atoms with E-state index >= 15 is 0 Å². The van der Waals surface area contributed by atoms with Crippen LogP contribution in [0.2, 0.25) is 0 Å². The van der Waals surface area contributed by atoms with Gasteiger partial charge in [0.1, 0.15) is 11.5 Å². The number of benzene rings is 3. The number of Topliss-reactive ketones (excluding diaryl/α,β-unsaturated/α-hetero) is 1. The van der Waals surface area contributed by atoms with Crippen LogP contribution in [0.4, 0.5) is 5.13 Å².